The van der Waals surface area contributed by atoms with Crippen LogP contribution in [0, 0.1) is 11.3 Å². The monoisotopic (exact) mass is 266 g/mol. The first-order valence-electron chi connectivity index (χ1n) is 5.78. The largest absolute Gasteiger partial charge is 0.215 e. The van der Waals surface area contributed by atoms with Gasteiger partial charge in [0.05, 0.1) is 11.8 Å². The summed E-state index contributed by atoms with van der Waals surface area (Å²) in [6, 6.07) is 10.8. The molecule has 1 aromatic rings. The Balaban J connectivity index is 2.82. The molecule has 0 aliphatic carbocycles. The molecule has 0 bridgehead atoms. The van der Waals surface area contributed by atoms with E-state index < -0.39 is 16.1 Å². The van der Waals surface area contributed by atoms with Crippen LogP contribution in [-0.4, -0.2) is 31.6 Å². The Kier molecular flexibility index (Phi) is 4.88. The van der Waals surface area contributed by atoms with Gasteiger partial charge in [-0.05, 0) is 18.4 Å². The molecule has 0 radical (unpaired) electrons. The average Bonchev–Trinajstić information content (AvgIpc) is 2.37. The van der Waals surface area contributed by atoms with Crippen molar-refractivity contribution in [3.8, 4) is 6.07 Å². The molecular formula is C13H18N2O2S. The highest BCUT2D eigenvalue weighted by molar-refractivity contribution is 7.89. The summed E-state index contributed by atoms with van der Waals surface area (Å²) in [6.07, 6.45) is 0. The fraction of sp³-hybridized carbons (Fsp3) is 0.462. The van der Waals surface area contributed by atoms with Crippen LogP contribution in [-0.2, 0) is 10.0 Å². The van der Waals surface area contributed by atoms with E-state index in [4.69, 9.17) is 5.26 Å². The van der Waals surface area contributed by atoms with Gasteiger partial charge in [0, 0.05) is 7.05 Å². The number of benzene rings is 1. The summed E-state index contributed by atoms with van der Waals surface area (Å²) in [7, 11) is -1.96. The summed E-state index contributed by atoms with van der Waals surface area (Å²) in [6.45, 7) is 3.45. The standard InChI is InChI=1S/C13H18N2O2S/c1-11(13-7-5-4-6-8-13)10-18(16,17)15(3)12(2)9-14/h4-8,11-12H,10H2,1-3H3. The van der Waals surface area contributed by atoms with Gasteiger partial charge >= 0.3 is 0 Å². The summed E-state index contributed by atoms with van der Waals surface area (Å²) < 4.78 is 25.3. The summed E-state index contributed by atoms with van der Waals surface area (Å²) in [4.78, 5) is 0. The fourth-order valence-electron chi connectivity index (χ4n) is 1.63. The molecule has 0 amide bonds. The quantitative estimate of drug-likeness (QED) is 0.818. The van der Waals surface area contributed by atoms with E-state index in [0.29, 0.717) is 0 Å². The average molecular weight is 266 g/mol. The first-order valence-corrected chi connectivity index (χ1v) is 7.39. The molecule has 0 N–H and O–H groups in total. The molecule has 1 aromatic carbocycles. The van der Waals surface area contributed by atoms with E-state index in [2.05, 4.69) is 0 Å². The van der Waals surface area contributed by atoms with Crippen LogP contribution in [0.15, 0.2) is 30.3 Å². The van der Waals surface area contributed by atoms with Crippen molar-refractivity contribution in [3.05, 3.63) is 35.9 Å². The number of hydrogen-bond donors (Lipinski definition) is 0. The van der Waals surface area contributed by atoms with Gasteiger partial charge in [0.2, 0.25) is 10.0 Å². The zero-order valence-electron chi connectivity index (χ0n) is 10.9. The van der Waals surface area contributed by atoms with E-state index in [1.165, 1.54) is 7.05 Å². The van der Waals surface area contributed by atoms with Gasteiger partial charge < -0.3 is 0 Å². The third-order valence-corrected chi connectivity index (χ3v) is 5.12. The fourth-order valence-corrected chi connectivity index (χ4v) is 3.22. The Morgan fingerprint density at radius 3 is 2.33 bits per heavy atom. The van der Waals surface area contributed by atoms with Crippen molar-refractivity contribution in [1.82, 2.24) is 4.31 Å². The highest BCUT2D eigenvalue weighted by atomic mass is 32.2. The smallest absolute Gasteiger partial charge is 0.212 e. The van der Waals surface area contributed by atoms with E-state index in [9.17, 15) is 8.42 Å². The lowest BCUT2D eigenvalue weighted by Crippen LogP contribution is -2.36. The zero-order valence-corrected chi connectivity index (χ0v) is 11.7. The number of hydrogen-bond acceptors (Lipinski definition) is 3. The number of sulfonamides is 1. The van der Waals surface area contributed by atoms with Crippen molar-refractivity contribution >= 4 is 10.0 Å². The normalized spacial score (nSPS) is 15.1. The number of nitrogens with zero attached hydrogens (tertiary/aromatic N) is 2. The van der Waals surface area contributed by atoms with Crippen molar-refractivity contribution in [2.24, 2.45) is 0 Å². The van der Waals surface area contributed by atoms with Crippen molar-refractivity contribution in [1.29, 1.82) is 5.26 Å². The molecule has 0 saturated heterocycles. The molecule has 5 heteroatoms. The molecule has 2 unspecified atom stereocenters. The van der Waals surface area contributed by atoms with E-state index in [-0.39, 0.29) is 11.7 Å². The van der Waals surface area contributed by atoms with Gasteiger partial charge in [-0.1, -0.05) is 37.3 Å². The Morgan fingerprint density at radius 1 is 1.28 bits per heavy atom. The van der Waals surface area contributed by atoms with Crippen LogP contribution in [0.3, 0.4) is 0 Å². The van der Waals surface area contributed by atoms with Gasteiger partial charge in [-0.2, -0.15) is 9.57 Å². The summed E-state index contributed by atoms with van der Waals surface area (Å²) >= 11 is 0. The number of nitriles is 1. The summed E-state index contributed by atoms with van der Waals surface area (Å²) in [5, 5.41) is 8.76. The highest BCUT2D eigenvalue weighted by Crippen LogP contribution is 2.18. The predicted octanol–water partition coefficient (Wildman–Crippen LogP) is 1.96. The third kappa shape index (κ3) is 3.56. The molecule has 2 atom stereocenters. The minimum Gasteiger partial charge on any atom is -0.212 e. The van der Waals surface area contributed by atoms with Crippen LogP contribution in [0.5, 0.6) is 0 Å². The Bertz CT molecular complexity index is 520. The lowest BCUT2D eigenvalue weighted by Gasteiger charge is -2.21. The second-order valence-corrected chi connectivity index (χ2v) is 6.48. The van der Waals surface area contributed by atoms with E-state index >= 15 is 0 Å². The minimum absolute atomic E-state index is 0.0134. The minimum atomic E-state index is -3.41. The van der Waals surface area contributed by atoms with Gasteiger partial charge in [-0.3, -0.25) is 0 Å². The Hall–Kier alpha value is -1.38. The van der Waals surface area contributed by atoms with Gasteiger partial charge in [0.25, 0.3) is 0 Å². The number of rotatable bonds is 5. The Morgan fingerprint density at radius 2 is 1.83 bits per heavy atom. The molecule has 98 valence electrons. The van der Waals surface area contributed by atoms with E-state index in [1.807, 2.05) is 43.3 Å². The molecule has 1 rings (SSSR count). The molecule has 4 nitrogen and oxygen atoms in total. The topological polar surface area (TPSA) is 61.2 Å². The van der Waals surface area contributed by atoms with Gasteiger partial charge in [0.15, 0.2) is 0 Å². The maximum Gasteiger partial charge on any atom is 0.215 e. The van der Waals surface area contributed by atoms with Crippen molar-refractivity contribution in [3.63, 3.8) is 0 Å². The Labute approximate surface area is 109 Å². The molecule has 18 heavy (non-hydrogen) atoms. The van der Waals surface area contributed by atoms with Crippen LogP contribution in [0.4, 0.5) is 0 Å². The van der Waals surface area contributed by atoms with Crippen LogP contribution in [0.2, 0.25) is 0 Å². The van der Waals surface area contributed by atoms with Crippen molar-refractivity contribution in [2.75, 3.05) is 12.8 Å². The maximum atomic E-state index is 12.1. The lowest BCUT2D eigenvalue weighted by molar-refractivity contribution is 0.439. The van der Waals surface area contributed by atoms with Gasteiger partial charge in [0.1, 0.15) is 6.04 Å². The third-order valence-electron chi connectivity index (χ3n) is 3.00. The first kappa shape index (κ1) is 14.7. The van der Waals surface area contributed by atoms with Gasteiger partial charge in [-0.25, -0.2) is 8.42 Å². The maximum absolute atomic E-state index is 12.1. The van der Waals surface area contributed by atoms with Crippen molar-refractivity contribution < 1.29 is 8.42 Å². The van der Waals surface area contributed by atoms with Gasteiger partial charge in [-0.15, -0.1) is 0 Å². The zero-order chi connectivity index (χ0) is 13.8. The van der Waals surface area contributed by atoms with Crippen LogP contribution in [0.1, 0.15) is 25.3 Å². The van der Waals surface area contributed by atoms with Crippen LogP contribution >= 0.6 is 0 Å². The lowest BCUT2D eigenvalue weighted by atomic mass is 10.0. The second kappa shape index (κ2) is 5.98. The molecule has 0 fully saturated rings. The molecule has 0 spiro atoms. The molecule has 0 aliphatic heterocycles. The molecule has 0 aromatic heterocycles. The first-order chi connectivity index (χ1) is 8.38. The summed E-state index contributed by atoms with van der Waals surface area (Å²) in [5.74, 6) is -0.0796. The van der Waals surface area contributed by atoms with Crippen LogP contribution < -0.4 is 0 Å². The van der Waals surface area contributed by atoms with E-state index in [1.54, 1.807) is 6.92 Å². The molecule has 0 heterocycles. The summed E-state index contributed by atoms with van der Waals surface area (Å²) in [5.41, 5.74) is 0.985. The molecule has 0 saturated carbocycles. The van der Waals surface area contributed by atoms with E-state index in [0.717, 1.165) is 9.87 Å². The van der Waals surface area contributed by atoms with Crippen LogP contribution in [0.25, 0.3) is 0 Å². The predicted molar refractivity (Wildman–Crippen MR) is 71.5 cm³/mol. The molecule has 0 aliphatic rings. The second-order valence-electron chi connectivity index (χ2n) is 4.41. The highest BCUT2D eigenvalue weighted by Gasteiger charge is 2.25. The SMILES string of the molecule is CC(CS(=O)(=O)N(C)C(C)C#N)c1ccccc1. The van der Waals surface area contributed by atoms with Crippen molar-refractivity contribution in [2.45, 2.75) is 25.8 Å². The molecular weight excluding hydrogens is 248 g/mol.